The quantitative estimate of drug-likeness (QED) is 0.820. The number of carbonyl (C=O) groups excluding carboxylic acids is 1. The van der Waals surface area contributed by atoms with E-state index in [0.29, 0.717) is 17.2 Å². The third-order valence-corrected chi connectivity index (χ3v) is 4.05. The third-order valence-electron chi connectivity index (χ3n) is 2.55. The molecule has 0 fully saturated rings. The Bertz CT molecular complexity index is 590. The molecule has 0 aliphatic heterocycles. The molecule has 0 aliphatic carbocycles. The van der Waals surface area contributed by atoms with Gasteiger partial charge in [-0.1, -0.05) is 34.1 Å². The lowest BCUT2D eigenvalue weighted by Gasteiger charge is -2.10. The average molecular weight is 352 g/mol. The van der Waals surface area contributed by atoms with E-state index < -0.39 is 0 Å². The summed E-state index contributed by atoms with van der Waals surface area (Å²) in [5.74, 6) is 0.946. The smallest absolute Gasteiger partial charge is 0.234 e. The Kier molecular flexibility index (Phi) is 5.49. The predicted molar refractivity (Wildman–Crippen MR) is 86.5 cm³/mol. The zero-order valence-electron chi connectivity index (χ0n) is 10.9. The molecule has 0 bridgehead atoms. The first-order chi connectivity index (χ1) is 9.69. The fraction of sp³-hybridized carbons (Fsp3) is 0.133. The Labute approximate surface area is 130 Å². The fourth-order valence-corrected chi connectivity index (χ4v) is 2.71. The van der Waals surface area contributed by atoms with Gasteiger partial charge in [-0.05, 0) is 30.3 Å². The number of carbonyl (C=O) groups is 1. The minimum atomic E-state index is -0.0600. The van der Waals surface area contributed by atoms with Crippen LogP contribution >= 0.6 is 27.7 Å². The van der Waals surface area contributed by atoms with Crippen LogP contribution in [0.5, 0.6) is 5.75 Å². The lowest BCUT2D eigenvalue weighted by molar-refractivity contribution is -0.113. The first kappa shape index (κ1) is 14.9. The van der Waals surface area contributed by atoms with Crippen molar-refractivity contribution in [2.45, 2.75) is 4.90 Å². The second-order valence-electron chi connectivity index (χ2n) is 3.99. The van der Waals surface area contributed by atoms with E-state index in [4.69, 9.17) is 4.74 Å². The molecule has 5 heteroatoms. The van der Waals surface area contributed by atoms with E-state index in [9.17, 15) is 4.79 Å². The van der Waals surface area contributed by atoms with E-state index in [-0.39, 0.29) is 5.91 Å². The van der Waals surface area contributed by atoms with E-state index in [0.717, 1.165) is 9.37 Å². The lowest BCUT2D eigenvalue weighted by atomic mass is 10.3. The third kappa shape index (κ3) is 4.28. The monoisotopic (exact) mass is 351 g/mol. The molecular formula is C15H14BrNO2S. The van der Waals surface area contributed by atoms with Crippen molar-refractivity contribution in [3.05, 3.63) is 53.0 Å². The van der Waals surface area contributed by atoms with Gasteiger partial charge in [0.05, 0.1) is 18.6 Å². The van der Waals surface area contributed by atoms with E-state index >= 15 is 0 Å². The zero-order chi connectivity index (χ0) is 14.4. The summed E-state index contributed by atoms with van der Waals surface area (Å²) in [7, 11) is 1.58. The molecule has 3 nitrogen and oxygen atoms in total. The number of hydrogen-bond donors (Lipinski definition) is 1. The summed E-state index contributed by atoms with van der Waals surface area (Å²) in [5.41, 5.74) is 0.667. The van der Waals surface area contributed by atoms with Crippen LogP contribution in [0.15, 0.2) is 57.9 Å². The number of rotatable bonds is 5. The molecule has 0 saturated carbocycles. The number of amides is 1. The van der Waals surface area contributed by atoms with Crippen molar-refractivity contribution in [2.24, 2.45) is 0 Å². The summed E-state index contributed by atoms with van der Waals surface area (Å²) >= 11 is 4.88. The molecule has 0 aromatic heterocycles. The van der Waals surface area contributed by atoms with Gasteiger partial charge in [0.1, 0.15) is 5.75 Å². The summed E-state index contributed by atoms with van der Waals surface area (Å²) in [6.45, 7) is 0. The fourth-order valence-electron chi connectivity index (χ4n) is 1.63. The molecule has 1 amide bonds. The largest absolute Gasteiger partial charge is 0.495 e. The first-order valence-corrected chi connectivity index (χ1v) is 7.78. The normalized spacial score (nSPS) is 10.1. The molecular weight excluding hydrogens is 338 g/mol. The maximum atomic E-state index is 12.0. The highest BCUT2D eigenvalue weighted by atomic mass is 79.9. The van der Waals surface area contributed by atoms with Crippen LogP contribution in [0.1, 0.15) is 0 Å². The van der Waals surface area contributed by atoms with Crippen LogP contribution in [0, 0.1) is 0 Å². The molecule has 0 saturated heterocycles. The Morgan fingerprint density at radius 3 is 2.70 bits per heavy atom. The van der Waals surface area contributed by atoms with Gasteiger partial charge in [-0.3, -0.25) is 4.79 Å². The van der Waals surface area contributed by atoms with E-state index in [1.165, 1.54) is 11.8 Å². The molecule has 1 N–H and O–H groups in total. The van der Waals surface area contributed by atoms with Crippen LogP contribution in [0.2, 0.25) is 0 Å². The summed E-state index contributed by atoms with van der Waals surface area (Å²) in [4.78, 5) is 13.0. The number of benzene rings is 2. The molecule has 2 aromatic rings. The van der Waals surface area contributed by atoms with E-state index in [2.05, 4.69) is 21.2 Å². The van der Waals surface area contributed by atoms with Crippen LogP contribution < -0.4 is 10.1 Å². The summed E-state index contributed by atoms with van der Waals surface area (Å²) in [6, 6.07) is 15.3. The van der Waals surface area contributed by atoms with Crippen molar-refractivity contribution in [3.8, 4) is 5.75 Å². The molecule has 0 unspecified atom stereocenters. The van der Waals surface area contributed by atoms with Crippen LogP contribution in [0.4, 0.5) is 5.69 Å². The maximum Gasteiger partial charge on any atom is 0.234 e. The van der Waals surface area contributed by atoms with Gasteiger partial charge in [0.25, 0.3) is 0 Å². The van der Waals surface area contributed by atoms with Gasteiger partial charge >= 0.3 is 0 Å². The number of hydrogen-bond acceptors (Lipinski definition) is 3. The van der Waals surface area contributed by atoms with Crippen LogP contribution in [0.3, 0.4) is 0 Å². The van der Waals surface area contributed by atoms with Crippen LogP contribution in [-0.2, 0) is 4.79 Å². The number of nitrogens with one attached hydrogen (secondary N) is 1. The average Bonchev–Trinajstić information content (AvgIpc) is 2.46. The lowest BCUT2D eigenvalue weighted by Crippen LogP contribution is -2.14. The highest BCUT2D eigenvalue weighted by molar-refractivity contribution is 9.10. The molecule has 104 valence electrons. The Hall–Kier alpha value is -1.46. The van der Waals surface area contributed by atoms with Gasteiger partial charge in [0.2, 0.25) is 5.91 Å². The Balaban J connectivity index is 1.96. The van der Waals surface area contributed by atoms with Crippen molar-refractivity contribution in [1.29, 1.82) is 0 Å². The predicted octanol–water partition coefficient (Wildman–Crippen LogP) is 4.19. The molecule has 20 heavy (non-hydrogen) atoms. The summed E-state index contributed by atoms with van der Waals surface area (Å²) in [5, 5.41) is 2.86. The highest BCUT2D eigenvalue weighted by Crippen LogP contribution is 2.28. The second-order valence-corrected chi connectivity index (χ2v) is 5.96. The zero-order valence-corrected chi connectivity index (χ0v) is 13.3. The van der Waals surface area contributed by atoms with Gasteiger partial charge in [-0.25, -0.2) is 0 Å². The van der Waals surface area contributed by atoms with Crippen molar-refractivity contribution in [3.63, 3.8) is 0 Å². The van der Waals surface area contributed by atoms with Gasteiger partial charge in [0, 0.05) is 9.37 Å². The van der Waals surface area contributed by atoms with Crippen molar-refractivity contribution < 1.29 is 9.53 Å². The van der Waals surface area contributed by atoms with Crippen molar-refractivity contribution in [2.75, 3.05) is 18.2 Å². The van der Waals surface area contributed by atoms with Crippen molar-refractivity contribution in [1.82, 2.24) is 0 Å². The van der Waals surface area contributed by atoms with Gasteiger partial charge in [0.15, 0.2) is 0 Å². The number of halogens is 1. The standard InChI is InChI=1S/C15H14BrNO2S/c1-19-14-8-7-11(16)9-13(14)17-15(18)10-20-12-5-3-2-4-6-12/h2-9H,10H2,1H3,(H,17,18). The van der Waals surface area contributed by atoms with Gasteiger partial charge in [-0.15, -0.1) is 11.8 Å². The molecule has 0 radical (unpaired) electrons. The topological polar surface area (TPSA) is 38.3 Å². The number of anilines is 1. The molecule has 0 heterocycles. The number of thioether (sulfide) groups is 1. The minimum Gasteiger partial charge on any atom is -0.495 e. The Morgan fingerprint density at radius 2 is 2.00 bits per heavy atom. The van der Waals surface area contributed by atoms with Gasteiger partial charge < -0.3 is 10.1 Å². The maximum absolute atomic E-state index is 12.0. The van der Waals surface area contributed by atoms with Crippen LogP contribution in [0.25, 0.3) is 0 Å². The first-order valence-electron chi connectivity index (χ1n) is 6.00. The molecule has 2 aromatic carbocycles. The molecule has 0 spiro atoms. The summed E-state index contributed by atoms with van der Waals surface area (Å²) < 4.78 is 6.11. The Morgan fingerprint density at radius 1 is 1.25 bits per heavy atom. The molecule has 0 aliphatic rings. The van der Waals surface area contributed by atoms with E-state index in [1.54, 1.807) is 7.11 Å². The highest BCUT2D eigenvalue weighted by Gasteiger charge is 2.08. The van der Waals surface area contributed by atoms with Crippen LogP contribution in [-0.4, -0.2) is 18.8 Å². The van der Waals surface area contributed by atoms with Gasteiger partial charge in [-0.2, -0.15) is 0 Å². The van der Waals surface area contributed by atoms with Crippen molar-refractivity contribution >= 4 is 39.3 Å². The SMILES string of the molecule is COc1ccc(Br)cc1NC(=O)CSc1ccccc1. The minimum absolute atomic E-state index is 0.0600. The van der Waals surface area contributed by atoms with E-state index in [1.807, 2.05) is 48.5 Å². The molecule has 0 atom stereocenters. The number of methoxy groups -OCH3 is 1. The molecule has 2 rings (SSSR count). The number of ether oxygens (including phenoxy) is 1. The summed E-state index contributed by atoms with van der Waals surface area (Å²) in [6.07, 6.45) is 0. The second kappa shape index (κ2) is 7.36.